The quantitative estimate of drug-likeness (QED) is 0.724. The van der Waals surface area contributed by atoms with E-state index >= 15 is 0 Å². The molecule has 0 fully saturated rings. The van der Waals surface area contributed by atoms with Gasteiger partial charge in [-0.3, -0.25) is 9.59 Å². The van der Waals surface area contributed by atoms with E-state index in [1.165, 1.54) is 7.11 Å². The highest BCUT2D eigenvalue weighted by atomic mass is 16.5. The molecule has 1 unspecified atom stereocenters. The zero-order valence-corrected chi connectivity index (χ0v) is 10.9. The van der Waals surface area contributed by atoms with Gasteiger partial charge in [0.1, 0.15) is 0 Å². The molecule has 1 atom stereocenters. The number of aliphatic carboxylic acids is 1. The lowest BCUT2D eigenvalue weighted by Gasteiger charge is -2.13. The first-order valence-electron chi connectivity index (χ1n) is 6.06. The minimum Gasteiger partial charge on any atom is -0.481 e. The van der Waals surface area contributed by atoms with Crippen molar-refractivity contribution in [1.29, 1.82) is 0 Å². The van der Waals surface area contributed by atoms with Crippen LogP contribution in [0.2, 0.25) is 0 Å². The number of nitrogens with zero attached hydrogens (tertiary/aromatic N) is 1. The number of methoxy groups -OCH3 is 1. The number of carbonyl (C=O) groups excluding carboxylic acids is 1. The van der Waals surface area contributed by atoms with Gasteiger partial charge >= 0.3 is 5.97 Å². The summed E-state index contributed by atoms with van der Waals surface area (Å²) in [6.45, 7) is 0.142. The molecule has 7 nitrogen and oxygen atoms in total. The summed E-state index contributed by atoms with van der Waals surface area (Å²) < 4.78 is 4.99. The number of carboxylic acid groups (broad SMARTS) is 1. The van der Waals surface area contributed by atoms with Gasteiger partial charge in [0.2, 0.25) is 0 Å². The van der Waals surface area contributed by atoms with Crippen LogP contribution in [0.4, 0.5) is 0 Å². The third kappa shape index (κ3) is 3.33. The first-order valence-corrected chi connectivity index (χ1v) is 6.06. The van der Waals surface area contributed by atoms with Gasteiger partial charge in [-0.25, -0.2) is 4.98 Å². The van der Waals surface area contributed by atoms with E-state index in [2.05, 4.69) is 15.3 Å². The Morgan fingerprint density at radius 2 is 2.30 bits per heavy atom. The average molecular weight is 277 g/mol. The van der Waals surface area contributed by atoms with Crippen molar-refractivity contribution in [2.24, 2.45) is 0 Å². The van der Waals surface area contributed by atoms with Crippen molar-refractivity contribution in [3.05, 3.63) is 30.1 Å². The molecule has 0 radical (unpaired) electrons. The molecule has 2 aromatic rings. The van der Waals surface area contributed by atoms with Gasteiger partial charge in [0.25, 0.3) is 5.91 Å². The van der Waals surface area contributed by atoms with Gasteiger partial charge in [-0.2, -0.15) is 0 Å². The molecule has 0 spiro atoms. The summed E-state index contributed by atoms with van der Waals surface area (Å²) in [5.41, 5.74) is 2.03. The number of aromatic amines is 1. The van der Waals surface area contributed by atoms with Crippen molar-refractivity contribution in [3.8, 4) is 0 Å². The topological polar surface area (TPSA) is 104 Å². The molecule has 1 aromatic carbocycles. The van der Waals surface area contributed by atoms with E-state index in [1.54, 1.807) is 24.5 Å². The smallest absolute Gasteiger partial charge is 0.306 e. The van der Waals surface area contributed by atoms with Crippen molar-refractivity contribution in [3.63, 3.8) is 0 Å². The van der Waals surface area contributed by atoms with Crippen LogP contribution in [0.25, 0.3) is 11.0 Å². The van der Waals surface area contributed by atoms with Gasteiger partial charge in [-0.1, -0.05) is 0 Å². The Bertz CT molecular complexity index is 623. The number of rotatable bonds is 6. The maximum Gasteiger partial charge on any atom is 0.306 e. The molecule has 0 saturated carbocycles. The second kappa shape index (κ2) is 6.16. The average Bonchev–Trinajstić information content (AvgIpc) is 2.89. The molecule has 106 valence electrons. The highest BCUT2D eigenvalue weighted by molar-refractivity contribution is 5.97. The number of ether oxygens (including phenoxy) is 1. The number of H-pyrrole nitrogens is 1. The predicted octanol–water partition coefficient (Wildman–Crippen LogP) is 0.782. The molecule has 20 heavy (non-hydrogen) atoms. The first kappa shape index (κ1) is 14.0. The molecule has 1 aromatic heterocycles. The molecular weight excluding hydrogens is 262 g/mol. The summed E-state index contributed by atoms with van der Waals surface area (Å²) >= 11 is 0. The largest absolute Gasteiger partial charge is 0.481 e. The van der Waals surface area contributed by atoms with E-state index < -0.39 is 12.1 Å². The standard InChI is InChI=1S/C13H15N3O4/c1-20-9(5-12(17)18)6-14-13(19)8-2-3-10-11(4-8)16-7-15-10/h2-4,7,9H,5-6H2,1H3,(H,14,19)(H,15,16)(H,17,18). The summed E-state index contributed by atoms with van der Waals surface area (Å²) in [6.07, 6.45) is 0.851. The van der Waals surface area contributed by atoms with Gasteiger partial charge in [-0.15, -0.1) is 0 Å². The lowest BCUT2D eigenvalue weighted by molar-refractivity contribution is -0.139. The van der Waals surface area contributed by atoms with E-state index in [4.69, 9.17) is 9.84 Å². The molecule has 0 aliphatic carbocycles. The summed E-state index contributed by atoms with van der Waals surface area (Å²) in [7, 11) is 1.41. The number of aromatic nitrogens is 2. The lowest BCUT2D eigenvalue weighted by Crippen LogP contribution is -2.34. The van der Waals surface area contributed by atoms with Gasteiger partial charge in [0, 0.05) is 19.2 Å². The predicted molar refractivity (Wildman–Crippen MR) is 71.5 cm³/mol. The highest BCUT2D eigenvalue weighted by Gasteiger charge is 2.14. The molecule has 3 N–H and O–H groups in total. The van der Waals surface area contributed by atoms with Crippen LogP contribution in [-0.2, 0) is 9.53 Å². The van der Waals surface area contributed by atoms with E-state index in [0.717, 1.165) is 11.0 Å². The van der Waals surface area contributed by atoms with Crippen LogP contribution in [0.5, 0.6) is 0 Å². The van der Waals surface area contributed by atoms with E-state index in [9.17, 15) is 9.59 Å². The Hall–Kier alpha value is -2.41. The van der Waals surface area contributed by atoms with Gasteiger partial charge in [-0.05, 0) is 18.2 Å². The Balaban J connectivity index is 1.98. The van der Waals surface area contributed by atoms with Crippen molar-refractivity contribution in [2.75, 3.05) is 13.7 Å². The Kier molecular flexibility index (Phi) is 4.31. The van der Waals surface area contributed by atoms with Crippen LogP contribution in [0.15, 0.2) is 24.5 Å². The van der Waals surface area contributed by atoms with E-state index in [-0.39, 0.29) is 18.9 Å². The highest BCUT2D eigenvalue weighted by Crippen LogP contribution is 2.11. The fourth-order valence-corrected chi connectivity index (χ4v) is 1.82. The van der Waals surface area contributed by atoms with Crippen LogP contribution in [0.3, 0.4) is 0 Å². The number of nitrogens with one attached hydrogen (secondary N) is 2. The number of carbonyl (C=O) groups is 2. The zero-order chi connectivity index (χ0) is 14.5. The van der Waals surface area contributed by atoms with Crippen LogP contribution >= 0.6 is 0 Å². The molecule has 1 heterocycles. The fraction of sp³-hybridized carbons (Fsp3) is 0.308. The molecule has 2 rings (SSSR count). The molecular formula is C13H15N3O4. The number of hydrogen-bond acceptors (Lipinski definition) is 4. The maximum atomic E-state index is 12.0. The number of carboxylic acids is 1. The number of fused-ring (bicyclic) bond motifs is 1. The molecule has 0 aliphatic heterocycles. The third-order valence-corrected chi connectivity index (χ3v) is 2.91. The van der Waals surface area contributed by atoms with Crippen molar-refractivity contribution < 1.29 is 19.4 Å². The van der Waals surface area contributed by atoms with E-state index in [1.807, 2.05) is 0 Å². The molecule has 1 amide bonds. The SMILES string of the molecule is COC(CNC(=O)c1ccc2nc[nH]c2c1)CC(=O)O. The minimum absolute atomic E-state index is 0.142. The number of hydrogen-bond donors (Lipinski definition) is 3. The second-order valence-electron chi connectivity index (χ2n) is 4.30. The molecule has 0 aliphatic rings. The number of amides is 1. The van der Waals surface area contributed by atoms with E-state index in [0.29, 0.717) is 5.56 Å². The second-order valence-corrected chi connectivity index (χ2v) is 4.30. The maximum absolute atomic E-state index is 12.0. The summed E-state index contributed by atoms with van der Waals surface area (Å²) in [4.78, 5) is 29.6. The Morgan fingerprint density at radius 3 is 3.00 bits per heavy atom. The summed E-state index contributed by atoms with van der Waals surface area (Å²) in [5.74, 6) is -1.25. The Labute approximate surface area is 115 Å². The van der Waals surface area contributed by atoms with Crippen LogP contribution < -0.4 is 5.32 Å². The van der Waals surface area contributed by atoms with Crippen LogP contribution in [0.1, 0.15) is 16.8 Å². The monoisotopic (exact) mass is 277 g/mol. The summed E-state index contributed by atoms with van der Waals surface area (Å²) in [6, 6.07) is 5.10. The normalized spacial score (nSPS) is 12.2. The fourth-order valence-electron chi connectivity index (χ4n) is 1.82. The number of imidazole rings is 1. The number of benzene rings is 1. The molecule has 0 bridgehead atoms. The molecule has 0 saturated heterocycles. The van der Waals surface area contributed by atoms with Crippen LogP contribution in [0, 0.1) is 0 Å². The van der Waals surface area contributed by atoms with Crippen LogP contribution in [-0.4, -0.2) is 46.7 Å². The minimum atomic E-state index is -0.968. The van der Waals surface area contributed by atoms with Gasteiger partial charge < -0.3 is 20.1 Å². The molecule has 7 heteroatoms. The van der Waals surface area contributed by atoms with Crippen molar-refractivity contribution in [2.45, 2.75) is 12.5 Å². The Morgan fingerprint density at radius 1 is 1.50 bits per heavy atom. The van der Waals surface area contributed by atoms with Crippen molar-refractivity contribution >= 4 is 22.9 Å². The first-order chi connectivity index (χ1) is 9.60. The van der Waals surface area contributed by atoms with Gasteiger partial charge in [0.05, 0.1) is 29.9 Å². The lowest BCUT2D eigenvalue weighted by atomic mass is 10.2. The van der Waals surface area contributed by atoms with Gasteiger partial charge in [0.15, 0.2) is 0 Å². The summed E-state index contributed by atoms with van der Waals surface area (Å²) in [5, 5.41) is 11.3. The third-order valence-electron chi connectivity index (χ3n) is 2.91. The van der Waals surface area contributed by atoms with Crippen molar-refractivity contribution in [1.82, 2.24) is 15.3 Å². The zero-order valence-electron chi connectivity index (χ0n) is 10.9.